The second-order valence-electron chi connectivity index (χ2n) is 7.41. The molecule has 1 fully saturated rings. The Hall–Kier alpha value is -3.91. The van der Waals surface area contributed by atoms with E-state index in [2.05, 4.69) is 0 Å². The minimum Gasteiger partial charge on any atom is -0.493 e. The molecule has 0 atom stereocenters. The fourth-order valence-corrected chi connectivity index (χ4v) is 4.19. The van der Waals surface area contributed by atoms with Gasteiger partial charge in [0, 0.05) is 0 Å². The molecule has 3 aromatic rings. The third-order valence-corrected chi connectivity index (χ3v) is 5.96. The number of carbonyl (C=O) groups is 2. The van der Waals surface area contributed by atoms with E-state index in [1.807, 2.05) is 66.7 Å². The van der Waals surface area contributed by atoms with Gasteiger partial charge in [-0.25, -0.2) is 0 Å². The predicted molar refractivity (Wildman–Crippen MR) is 135 cm³/mol. The minimum absolute atomic E-state index is 0.151. The van der Waals surface area contributed by atoms with Crippen LogP contribution >= 0.6 is 11.8 Å². The lowest BCUT2D eigenvalue weighted by molar-refractivity contribution is -0.123. The molecule has 1 saturated heterocycles. The Morgan fingerprint density at radius 2 is 1.37 bits per heavy atom. The summed E-state index contributed by atoms with van der Waals surface area (Å²) in [4.78, 5) is 26.7. The van der Waals surface area contributed by atoms with Gasteiger partial charge >= 0.3 is 0 Å². The molecule has 180 valence electrons. The summed E-state index contributed by atoms with van der Waals surface area (Å²) in [5.41, 5.74) is 0.800. The first-order chi connectivity index (χ1) is 17.1. The van der Waals surface area contributed by atoms with Crippen LogP contribution in [-0.4, -0.2) is 49.5 Å². The summed E-state index contributed by atoms with van der Waals surface area (Å²) in [5, 5.41) is -0.316. The van der Waals surface area contributed by atoms with Crippen LogP contribution < -0.4 is 18.9 Å². The highest BCUT2D eigenvalue weighted by Crippen LogP contribution is 2.32. The first kappa shape index (κ1) is 24.2. The second kappa shape index (κ2) is 12.0. The molecule has 0 spiro atoms. The quantitative estimate of drug-likeness (QED) is 0.267. The Labute approximate surface area is 208 Å². The highest BCUT2D eigenvalue weighted by atomic mass is 32.2. The first-order valence-corrected chi connectivity index (χ1v) is 11.9. The lowest BCUT2D eigenvalue weighted by Crippen LogP contribution is -2.32. The van der Waals surface area contributed by atoms with Gasteiger partial charge in [0.15, 0.2) is 11.5 Å². The average molecular weight is 492 g/mol. The summed E-state index contributed by atoms with van der Waals surface area (Å²) in [5.74, 6) is 2.32. The van der Waals surface area contributed by atoms with Crippen molar-refractivity contribution in [1.29, 1.82) is 0 Å². The summed E-state index contributed by atoms with van der Waals surface area (Å²) in [7, 11) is 1.56. The standard InChI is InChI=1S/C27H25NO6S/c1-31-23-9-5-6-10-24(23)34-16-15-28-26(29)25(35-27(28)30)19-20-11-13-22(14-12-20)33-18-17-32-21-7-3-2-4-8-21/h2-14,19H,15-18H2,1H3/b25-19-. The Bertz CT molecular complexity index is 1180. The minimum atomic E-state index is -0.331. The van der Waals surface area contributed by atoms with Gasteiger partial charge in [0.25, 0.3) is 11.1 Å². The summed E-state index contributed by atoms with van der Waals surface area (Å²) in [6.45, 7) is 1.16. The van der Waals surface area contributed by atoms with Gasteiger partial charge in [-0.3, -0.25) is 14.5 Å². The van der Waals surface area contributed by atoms with Gasteiger partial charge in [0.2, 0.25) is 0 Å². The van der Waals surface area contributed by atoms with Gasteiger partial charge in [0.05, 0.1) is 18.6 Å². The van der Waals surface area contributed by atoms with Gasteiger partial charge in [-0.1, -0.05) is 42.5 Å². The van der Waals surface area contributed by atoms with E-state index in [0.29, 0.717) is 35.4 Å². The lowest BCUT2D eigenvalue weighted by atomic mass is 10.2. The van der Waals surface area contributed by atoms with Gasteiger partial charge in [0.1, 0.15) is 31.3 Å². The van der Waals surface area contributed by atoms with Crippen molar-refractivity contribution in [3.8, 4) is 23.0 Å². The monoisotopic (exact) mass is 491 g/mol. The molecule has 0 radical (unpaired) electrons. The number of hydrogen-bond donors (Lipinski definition) is 0. The molecule has 35 heavy (non-hydrogen) atoms. The smallest absolute Gasteiger partial charge is 0.293 e. The van der Waals surface area contributed by atoms with Gasteiger partial charge in [-0.05, 0) is 59.8 Å². The van der Waals surface area contributed by atoms with Gasteiger partial charge in [-0.15, -0.1) is 0 Å². The largest absolute Gasteiger partial charge is 0.493 e. The first-order valence-electron chi connectivity index (χ1n) is 11.1. The summed E-state index contributed by atoms with van der Waals surface area (Å²) in [6.07, 6.45) is 1.70. The molecule has 8 heteroatoms. The highest BCUT2D eigenvalue weighted by molar-refractivity contribution is 8.18. The normalized spacial score (nSPS) is 14.3. The van der Waals surface area contributed by atoms with Gasteiger partial charge in [-0.2, -0.15) is 0 Å². The molecule has 1 aliphatic rings. The Morgan fingerprint density at radius 3 is 2.06 bits per heavy atom. The molecule has 1 heterocycles. The highest BCUT2D eigenvalue weighted by Gasteiger charge is 2.34. The molecular weight excluding hydrogens is 466 g/mol. The number of rotatable bonds is 11. The van der Waals surface area contributed by atoms with Crippen LogP contribution in [0.15, 0.2) is 83.8 Å². The molecule has 0 bridgehead atoms. The number of para-hydroxylation sites is 3. The SMILES string of the molecule is COc1ccccc1OCCN1C(=O)S/C(=C\c2ccc(OCCOc3ccccc3)cc2)C1=O. The number of methoxy groups -OCH3 is 1. The van der Waals surface area contributed by atoms with E-state index in [9.17, 15) is 9.59 Å². The van der Waals surface area contributed by atoms with Crippen LogP contribution in [0.4, 0.5) is 4.79 Å². The molecule has 0 N–H and O–H groups in total. The second-order valence-corrected chi connectivity index (χ2v) is 8.40. The summed E-state index contributed by atoms with van der Waals surface area (Å²) < 4.78 is 22.3. The van der Waals surface area contributed by atoms with Crippen LogP contribution in [-0.2, 0) is 4.79 Å². The van der Waals surface area contributed by atoms with Crippen LogP contribution in [0.25, 0.3) is 6.08 Å². The zero-order valence-corrected chi connectivity index (χ0v) is 20.0. The molecule has 3 aromatic carbocycles. The van der Waals surface area contributed by atoms with Crippen LogP contribution in [0.2, 0.25) is 0 Å². The zero-order chi connectivity index (χ0) is 24.5. The van der Waals surface area contributed by atoms with Crippen molar-refractivity contribution in [2.24, 2.45) is 0 Å². The third kappa shape index (κ3) is 6.58. The fourth-order valence-electron chi connectivity index (χ4n) is 3.33. The van der Waals surface area contributed by atoms with Crippen molar-refractivity contribution in [1.82, 2.24) is 4.90 Å². The van der Waals surface area contributed by atoms with E-state index in [-0.39, 0.29) is 24.3 Å². The topological polar surface area (TPSA) is 74.3 Å². The number of hydrogen-bond acceptors (Lipinski definition) is 7. The molecule has 4 rings (SSSR count). The maximum atomic E-state index is 12.7. The van der Waals surface area contributed by atoms with Crippen molar-refractivity contribution in [3.63, 3.8) is 0 Å². The van der Waals surface area contributed by atoms with Crippen molar-refractivity contribution < 1.29 is 28.5 Å². The van der Waals surface area contributed by atoms with E-state index < -0.39 is 0 Å². The Balaban J connectivity index is 1.26. The molecule has 0 aromatic heterocycles. The number of amides is 2. The number of thioether (sulfide) groups is 1. The van der Waals surface area contributed by atoms with Crippen LogP contribution in [0.5, 0.6) is 23.0 Å². The number of nitrogens with zero attached hydrogens (tertiary/aromatic N) is 1. The predicted octanol–water partition coefficient (Wildman–Crippen LogP) is 5.27. The molecule has 0 unspecified atom stereocenters. The Morgan fingerprint density at radius 1 is 0.743 bits per heavy atom. The van der Waals surface area contributed by atoms with Crippen molar-refractivity contribution >= 4 is 29.0 Å². The summed E-state index contributed by atoms with van der Waals surface area (Å²) >= 11 is 0.920. The molecule has 2 amide bonds. The summed E-state index contributed by atoms with van der Waals surface area (Å²) in [6, 6.07) is 24.1. The molecule has 0 saturated carbocycles. The molecular formula is C27H25NO6S. The fraction of sp³-hybridized carbons (Fsp3) is 0.185. The maximum Gasteiger partial charge on any atom is 0.293 e. The zero-order valence-electron chi connectivity index (χ0n) is 19.2. The number of benzene rings is 3. The van der Waals surface area contributed by atoms with Crippen molar-refractivity contribution in [3.05, 3.63) is 89.3 Å². The van der Waals surface area contributed by atoms with Crippen molar-refractivity contribution in [2.75, 3.05) is 33.5 Å². The average Bonchev–Trinajstić information content (AvgIpc) is 3.15. The number of ether oxygens (including phenoxy) is 4. The van der Waals surface area contributed by atoms with Crippen LogP contribution in [0, 0.1) is 0 Å². The molecule has 7 nitrogen and oxygen atoms in total. The molecule has 1 aliphatic heterocycles. The van der Waals surface area contributed by atoms with E-state index in [1.165, 1.54) is 4.90 Å². The maximum absolute atomic E-state index is 12.7. The van der Waals surface area contributed by atoms with E-state index >= 15 is 0 Å². The lowest BCUT2D eigenvalue weighted by Gasteiger charge is -2.14. The number of imide groups is 1. The number of carbonyl (C=O) groups excluding carboxylic acids is 2. The Kier molecular flexibility index (Phi) is 8.30. The van der Waals surface area contributed by atoms with Crippen LogP contribution in [0.3, 0.4) is 0 Å². The van der Waals surface area contributed by atoms with E-state index in [1.54, 1.807) is 25.3 Å². The van der Waals surface area contributed by atoms with E-state index in [0.717, 1.165) is 23.1 Å². The van der Waals surface area contributed by atoms with Crippen LogP contribution in [0.1, 0.15) is 5.56 Å². The van der Waals surface area contributed by atoms with Crippen molar-refractivity contribution in [2.45, 2.75) is 0 Å². The molecule has 0 aliphatic carbocycles. The third-order valence-electron chi connectivity index (χ3n) is 5.06. The van der Waals surface area contributed by atoms with Gasteiger partial charge < -0.3 is 18.9 Å². The van der Waals surface area contributed by atoms with E-state index in [4.69, 9.17) is 18.9 Å².